The number of ether oxygens (including phenoxy) is 1. The summed E-state index contributed by atoms with van der Waals surface area (Å²) in [5.41, 5.74) is 2.15. The first kappa shape index (κ1) is 18.6. The topological polar surface area (TPSA) is 70.6 Å². The first-order valence-corrected chi connectivity index (χ1v) is 10.9. The van der Waals surface area contributed by atoms with Crippen LogP contribution < -0.4 is 15.0 Å². The van der Waals surface area contributed by atoms with Crippen LogP contribution in [0, 0.1) is 11.8 Å². The lowest BCUT2D eigenvalue weighted by Crippen LogP contribution is -2.49. The molecule has 3 heterocycles. The van der Waals surface area contributed by atoms with Gasteiger partial charge in [0.2, 0.25) is 11.8 Å². The van der Waals surface area contributed by atoms with Crippen LogP contribution in [-0.4, -0.2) is 66.7 Å². The van der Waals surface area contributed by atoms with E-state index in [0.717, 1.165) is 63.2 Å². The molecule has 0 bridgehead atoms. The molecule has 3 fully saturated rings. The number of piperazine rings is 1. The van der Waals surface area contributed by atoms with Crippen molar-refractivity contribution in [1.29, 1.82) is 0 Å². The van der Waals surface area contributed by atoms with Crippen molar-refractivity contribution >= 4 is 22.5 Å². The van der Waals surface area contributed by atoms with E-state index in [0.29, 0.717) is 24.1 Å². The van der Waals surface area contributed by atoms with Gasteiger partial charge in [-0.1, -0.05) is 0 Å². The van der Waals surface area contributed by atoms with Crippen molar-refractivity contribution in [3.63, 3.8) is 0 Å². The fourth-order valence-electron chi connectivity index (χ4n) is 4.31. The van der Waals surface area contributed by atoms with Gasteiger partial charge in [0, 0.05) is 51.4 Å². The number of anilines is 1. The predicted octanol–water partition coefficient (Wildman–Crippen LogP) is 2.07. The summed E-state index contributed by atoms with van der Waals surface area (Å²) in [4.78, 5) is 25.1. The van der Waals surface area contributed by atoms with Gasteiger partial charge < -0.3 is 15.0 Å². The minimum absolute atomic E-state index is 0.201. The Hall–Kier alpha value is -2.41. The van der Waals surface area contributed by atoms with Gasteiger partial charge in [-0.15, -0.1) is 0 Å². The van der Waals surface area contributed by atoms with Crippen LogP contribution in [0.25, 0.3) is 10.9 Å². The van der Waals surface area contributed by atoms with E-state index in [9.17, 15) is 4.79 Å². The summed E-state index contributed by atoms with van der Waals surface area (Å²) in [7, 11) is 0. The highest BCUT2D eigenvalue weighted by Crippen LogP contribution is 2.32. The van der Waals surface area contributed by atoms with E-state index < -0.39 is 0 Å². The molecule has 1 aliphatic carbocycles. The molecule has 1 aromatic carbocycles. The van der Waals surface area contributed by atoms with Crippen LogP contribution in [-0.2, 0) is 4.79 Å². The Balaban J connectivity index is 1.22. The molecular weight excluding hydrogens is 366 g/mol. The van der Waals surface area contributed by atoms with Crippen molar-refractivity contribution in [2.75, 3.05) is 50.8 Å². The summed E-state index contributed by atoms with van der Waals surface area (Å²) < 4.78 is 5.99. The normalized spacial score (nSPS) is 23.2. The highest BCUT2D eigenvalue weighted by atomic mass is 16.5. The van der Waals surface area contributed by atoms with Crippen molar-refractivity contribution in [2.45, 2.75) is 25.7 Å². The van der Waals surface area contributed by atoms with E-state index in [-0.39, 0.29) is 5.91 Å². The Labute approximate surface area is 171 Å². The number of carbonyl (C=O) groups excluding carboxylic acids is 1. The van der Waals surface area contributed by atoms with Crippen molar-refractivity contribution in [1.82, 2.24) is 20.2 Å². The van der Waals surface area contributed by atoms with Crippen LogP contribution in [0.15, 0.2) is 24.5 Å². The standard InChI is InChI=1S/C22H29N5O2/c28-21-6-3-17(12-23-21)13-26-7-9-27(10-8-26)18-4-5-20-19(11-18)22(25-15-24-20)29-14-16-1-2-16/h4-5,11,15-17H,1-3,6-10,12-14H2,(H,23,28). The van der Waals surface area contributed by atoms with Gasteiger partial charge in [0.15, 0.2) is 0 Å². The molecule has 7 heteroatoms. The van der Waals surface area contributed by atoms with Gasteiger partial charge in [-0.25, -0.2) is 9.97 Å². The average Bonchev–Trinajstić information content (AvgIpc) is 3.59. The lowest BCUT2D eigenvalue weighted by molar-refractivity contribution is -0.123. The Morgan fingerprint density at radius 2 is 1.93 bits per heavy atom. The highest BCUT2D eigenvalue weighted by Gasteiger charge is 2.25. The summed E-state index contributed by atoms with van der Waals surface area (Å²) in [6, 6.07) is 6.42. The van der Waals surface area contributed by atoms with Crippen molar-refractivity contribution in [2.24, 2.45) is 11.8 Å². The van der Waals surface area contributed by atoms with Crippen molar-refractivity contribution in [3.8, 4) is 5.88 Å². The number of rotatable bonds is 6. The van der Waals surface area contributed by atoms with Gasteiger partial charge in [-0.05, 0) is 49.3 Å². The zero-order valence-corrected chi connectivity index (χ0v) is 16.8. The van der Waals surface area contributed by atoms with Crippen LogP contribution in [0.4, 0.5) is 5.69 Å². The minimum atomic E-state index is 0.201. The van der Waals surface area contributed by atoms with E-state index >= 15 is 0 Å². The Morgan fingerprint density at radius 1 is 1.07 bits per heavy atom. The summed E-state index contributed by atoms with van der Waals surface area (Å²) in [5, 5.41) is 4.01. The van der Waals surface area contributed by atoms with Crippen LogP contribution in [0.3, 0.4) is 0 Å². The maximum atomic E-state index is 11.3. The molecule has 1 aromatic heterocycles. The number of benzene rings is 1. The molecule has 2 aromatic rings. The molecule has 1 N–H and O–H groups in total. The number of aromatic nitrogens is 2. The van der Waals surface area contributed by atoms with Crippen molar-refractivity contribution < 1.29 is 9.53 Å². The number of nitrogens with zero attached hydrogens (tertiary/aromatic N) is 4. The van der Waals surface area contributed by atoms with E-state index in [1.165, 1.54) is 18.5 Å². The second-order valence-electron chi connectivity index (χ2n) is 8.63. The maximum Gasteiger partial charge on any atom is 0.224 e. The van der Waals surface area contributed by atoms with E-state index in [1.807, 2.05) is 0 Å². The largest absolute Gasteiger partial charge is 0.477 e. The summed E-state index contributed by atoms with van der Waals surface area (Å²) in [5.74, 6) is 2.20. The van der Waals surface area contributed by atoms with Crippen LogP contribution in [0.5, 0.6) is 5.88 Å². The molecule has 1 unspecified atom stereocenters. The molecule has 1 amide bonds. The molecule has 0 spiro atoms. The molecule has 5 rings (SSSR count). The Kier molecular flexibility index (Phi) is 5.23. The number of nitrogens with one attached hydrogen (secondary N) is 1. The van der Waals surface area contributed by atoms with Gasteiger partial charge in [0.1, 0.15) is 6.33 Å². The van der Waals surface area contributed by atoms with Gasteiger partial charge in [-0.2, -0.15) is 0 Å². The molecule has 3 aliphatic rings. The molecule has 1 atom stereocenters. The van der Waals surface area contributed by atoms with Gasteiger partial charge in [0.25, 0.3) is 0 Å². The molecule has 7 nitrogen and oxygen atoms in total. The van der Waals surface area contributed by atoms with Crippen LogP contribution in [0.2, 0.25) is 0 Å². The van der Waals surface area contributed by atoms with Gasteiger partial charge in [0.05, 0.1) is 17.5 Å². The smallest absolute Gasteiger partial charge is 0.224 e. The number of carbonyl (C=O) groups is 1. The lowest BCUT2D eigenvalue weighted by Gasteiger charge is -2.38. The SMILES string of the molecule is O=C1CCC(CN2CCN(c3ccc4ncnc(OCC5CC5)c4c3)CC2)CN1. The fourth-order valence-corrected chi connectivity index (χ4v) is 4.31. The molecule has 154 valence electrons. The van der Waals surface area contributed by atoms with E-state index in [2.05, 4.69) is 43.3 Å². The van der Waals surface area contributed by atoms with E-state index in [4.69, 9.17) is 4.74 Å². The summed E-state index contributed by atoms with van der Waals surface area (Å²) in [6.45, 7) is 6.80. The zero-order valence-electron chi connectivity index (χ0n) is 16.8. The third kappa shape index (κ3) is 4.45. The molecular formula is C22H29N5O2. The van der Waals surface area contributed by atoms with Crippen molar-refractivity contribution in [3.05, 3.63) is 24.5 Å². The highest BCUT2D eigenvalue weighted by molar-refractivity contribution is 5.86. The predicted molar refractivity (Wildman–Crippen MR) is 112 cm³/mol. The number of hydrogen-bond donors (Lipinski definition) is 1. The lowest BCUT2D eigenvalue weighted by atomic mass is 9.98. The van der Waals surface area contributed by atoms with Gasteiger partial charge >= 0.3 is 0 Å². The van der Waals surface area contributed by atoms with E-state index in [1.54, 1.807) is 6.33 Å². The third-order valence-electron chi connectivity index (χ3n) is 6.36. The van der Waals surface area contributed by atoms with Gasteiger partial charge in [-0.3, -0.25) is 9.69 Å². The summed E-state index contributed by atoms with van der Waals surface area (Å²) >= 11 is 0. The molecule has 29 heavy (non-hydrogen) atoms. The fraction of sp³-hybridized carbons (Fsp3) is 0.591. The minimum Gasteiger partial charge on any atom is -0.477 e. The maximum absolute atomic E-state index is 11.3. The third-order valence-corrected chi connectivity index (χ3v) is 6.36. The number of hydrogen-bond acceptors (Lipinski definition) is 6. The number of amides is 1. The quantitative estimate of drug-likeness (QED) is 0.807. The Morgan fingerprint density at radius 3 is 2.69 bits per heavy atom. The second-order valence-corrected chi connectivity index (χ2v) is 8.63. The second kappa shape index (κ2) is 8.14. The molecule has 2 saturated heterocycles. The average molecular weight is 396 g/mol. The number of fused-ring (bicyclic) bond motifs is 1. The molecule has 0 radical (unpaired) electrons. The molecule has 1 saturated carbocycles. The zero-order chi connectivity index (χ0) is 19.6. The Bertz CT molecular complexity index is 867. The first-order chi connectivity index (χ1) is 14.2. The van der Waals surface area contributed by atoms with Crippen LogP contribution in [0.1, 0.15) is 25.7 Å². The molecule has 2 aliphatic heterocycles. The first-order valence-electron chi connectivity index (χ1n) is 10.9. The number of piperidine rings is 1. The monoisotopic (exact) mass is 395 g/mol. The van der Waals surface area contributed by atoms with Crippen LogP contribution >= 0.6 is 0 Å². The summed E-state index contributed by atoms with van der Waals surface area (Å²) in [6.07, 6.45) is 5.82.